The van der Waals surface area contributed by atoms with Crippen molar-refractivity contribution < 1.29 is 4.42 Å². The van der Waals surface area contributed by atoms with E-state index in [1.165, 1.54) is 22.1 Å². The highest BCUT2D eigenvalue weighted by molar-refractivity contribution is 5.85. The van der Waals surface area contributed by atoms with Gasteiger partial charge in [-0.1, -0.05) is 40.7 Å². The van der Waals surface area contributed by atoms with Gasteiger partial charge in [0, 0.05) is 29.1 Å². The number of aryl methyl sites for hydroxylation is 1. The lowest BCUT2D eigenvalue weighted by atomic mass is 9.85. The second kappa shape index (κ2) is 5.01. The topological polar surface area (TPSA) is 25.2 Å². The van der Waals surface area contributed by atoms with Gasteiger partial charge in [-0.15, -0.1) is 0 Å². The minimum absolute atomic E-state index is 0.102. The third-order valence-electron chi connectivity index (χ3n) is 3.41. The average Bonchev–Trinajstić information content (AvgIpc) is 2.66. The van der Waals surface area contributed by atoms with Crippen LogP contribution < -0.4 is 5.32 Å². The predicted octanol–water partition coefficient (Wildman–Crippen LogP) is 4.54. The van der Waals surface area contributed by atoms with Crippen molar-refractivity contribution in [2.75, 3.05) is 0 Å². The molecule has 19 heavy (non-hydrogen) atoms. The van der Waals surface area contributed by atoms with Crippen molar-refractivity contribution in [2.45, 2.75) is 59.5 Å². The summed E-state index contributed by atoms with van der Waals surface area (Å²) in [5, 5.41) is 4.71. The molecular formula is C17H25NO. The van der Waals surface area contributed by atoms with E-state index in [9.17, 15) is 0 Å². The Kier molecular flexibility index (Phi) is 3.73. The Morgan fingerprint density at radius 3 is 2.47 bits per heavy atom. The summed E-state index contributed by atoms with van der Waals surface area (Å²) in [4.78, 5) is 0. The number of hydrogen-bond donors (Lipinski definition) is 1. The van der Waals surface area contributed by atoms with Crippen molar-refractivity contribution in [3.63, 3.8) is 0 Å². The number of benzene rings is 1. The molecule has 2 heteroatoms. The zero-order valence-corrected chi connectivity index (χ0v) is 12.9. The lowest BCUT2D eigenvalue weighted by Crippen LogP contribution is -2.21. The molecule has 0 radical (unpaired) electrons. The molecule has 1 aromatic heterocycles. The minimum Gasteiger partial charge on any atom is -0.464 e. The van der Waals surface area contributed by atoms with Crippen LogP contribution in [0.2, 0.25) is 0 Å². The Bertz CT molecular complexity index is 573. The van der Waals surface area contributed by atoms with Crippen LogP contribution >= 0.6 is 0 Å². The predicted molar refractivity (Wildman–Crippen MR) is 81.6 cm³/mol. The van der Waals surface area contributed by atoms with E-state index in [2.05, 4.69) is 59.0 Å². The molecule has 1 N–H and O–H groups in total. The molecule has 0 aliphatic heterocycles. The Balaban J connectivity index is 2.51. The van der Waals surface area contributed by atoms with Crippen molar-refractivity contribution in [3.8, 4) is 0 Å². The van der Waals surface area contributed by atoms with Gasteiger partial charge in [0.05, 0.1) is 6.26 Å². The summed E-state index contributed by atoms with van der Waals surface area (Å²) in [6.07, 6.45) is 1.90. The van der Waals surface area contributed by atoms with Crippen LogP contribution in [-0.4, -0.2) is 6.04 Å². The molecule has 0 aliphatic carbocycles. The Labute approximate surface area is 116 Å². The normalized spacial score (nSPS) is 12.6. The maximum atomic E-state index is 5.85. The van der Waals surface area contributed by atoms with Crippen molar-refractivity contribution >= 4 is 11.0 Å². The van der Waals surface area contributed by atoms with Crippen LogP contribution in [0.15, 0.2) is 22.8 Å². The van der Waals surface area contributed by atoms with E-state index >= 15 is 0 Å². The first kappa shape index (κ1) is 14.1. The van der Waals surface area contributed by atoms with Gasteiger partial charge in [-0.05, 0) is 24.0 Å². The molecule has 0 bridgehead atoms. The van der Waals surface area contributed by atoms with E-state index in [4.69, 9.17) is 4.42 Å². The molecule has 0 aliphatic rings. The monoisotopic (exact) mass is 259 g/mol. The first-order valence-corrected chi connectivity index (χ1v) is 7.03. The van der Waals surface area contributed by atoms with E-state index < -0.39 is 0 Å². The standard InChI is InChI=1S/C17H25NO/c1-11(2)18-9-13-10-19-16-14(13)7-12(3)8-15(16)17(4,5)6/h7-8,10-11,18H,9H2,1-6H3. The molecule has 0 fully saturated rings. The van der Waals surface area contributed by atoms with Gasteiger partial charge in [0.15, 0.2) is 0 Å². The van der Waals surface area contributed by atoms with Crippen molar-refractivity contribution in [1.29, 1.82) is 0 Å². The van der Waals surface area contributed by atoms with E-state index in [-0.39, 0.29) is 5.41 Å². The molecule has 0 amide bonds. The number of furan rings is 1. The molecule has 0 saturated carbocycles. The number of hydrogen-bond acceptors (Lipinski definition) is 2. The first-order chi connectivity index (χ1) is 8.79. The summed E-state index contributed by atoms with van der Waals surface area (Å²) in [7, 11) is 0. The molecule has 2 nitrogen and oxygen atoms in total. The second-order valence-corrected chi connectivity index (χ2v) is 6.74. The summed E-state index contributed by atoms with van der Waals surface area (Å²) in [5.74, 6) is 0. The van der Waals surface area contributed by atoms with Crippen molar-refractivity contribution in [1.82, 2.24) is 5.32 Å². The fourth-order valence-corrected chi connectivity index (χ4v) is 2.34. The highest BCUT2D eigenvalue weighted by atomic mass is 16.3. The molecule has 0 saturated heterocycles. The minimum atomic E-state index is 0.102. The Morgan fingerprint density at radius 2 is 1.89 bits per heavy atom. The van der Waals surface area contributed by atoms with E-state index in [1.807, 2.05) is 6.26 Å². The molecule has 104 valence electrons. The van der Waals surface area contributed by atoms with Gasteiger partial charge in [-0.25, -0.2) is 0 Å². The van der Waals surface area contributed by atoms with Crippen LogP contribution in [0.3, 0.4) is 0 Å². The molecule has 0 unspecified atom stereocenters. The van der Waals surface area contributed by atoms with Gasteiger partial charge in [0.25, 0.3) is 0 Å². The molecule has 2 rings (SSSR count). The van der Waals surface area contributed by atoms with Crippen LogP contribution in [0, 0.1) is 6.92 Å². The second-order valence-electron chi connectivity index (χ2n) is 6.74. The summed E-state index contributed by atoms with van der Waals surface area (Å²) >= 11 is 0. The maximum absolute atomic E-state index is 5.85. The van der Waals surface area contributed by atoms with Crippen molar-refractivity contribution in [2.24, 2.45) is 0 Å². The highest BCUT2D eigenvalue weighted by Crippen LogP contribution is 2.33. The van der Waals surface area contributed by atoms with Crippen LogP contribution in [0.4, 0.5) is 0 Å². The Morgan fingerprint density at radius 1 is 1.21 bits per heavy atom. The van der Waals surface area contributed by atoms with Gasteiger partial charge in [0.1, 0.15) is 5.58 Å². The molecule has 0 atom stereocenters. The third kappa shape index (κ3) is 3.01. The molecule has 1 aromatic carbocycles. The molecule has 0 spiro atoms. The van der Waals surface area contributed by atoms with Crippen LogP contribution in [-0.2, 0) is 12.0 Å². The van der Waals surface area contributed by atoms with E-state index in [1.54, 1.807) is 0 Å². The summed E-state index contributed by atoms with van der Waals surface area (Å²) in [6, 6.07) is 4.95. The van der Waals surface area contributed by atoms with Gasteiger partial charge < -0.3 is 9.73 Å². The summed E-state index contributed by atoms with van der Waals surface area (Å²) in [5.41, 5.74) is 4.98. The van der Waals surface area contributed by atoms with Gasteiger partial charge in [-0.3, -0.25) is 0 Å². The fourth-order valence-electron chi connectivity index (χ4n) is 2.34. The SMILES string of the molecule is Cc1cc(C(C)(C)C)c2occ(CNC(C)C)c2c1. The quantitative estimate of drug-likeness (QED) is 0.875. The summed E-state index contributed by atoms with van der Waals surface area (Å²) < 4.78 is 5.85. The first-order valence-electron chi connectivity index (χ1n) is 7.03. The van der Waals surface area contributed by atoms with Crippen LogP contribution in [0.25, 0.3) is 11.0 Å². The van der Waals surface area contributed by atoms with Crippen molar-refractivity contribution in [3.05, 3.63) is 35.1 Å². The van der Waals surface area contributed by atoms with Crippen LogP contribution in [0.5, 0.6) is 0 Å². The average molecular weight is 259 g/mol. The largest absolute Gasteiger partial charge is 0.464 e. The number of rotatable bonds is 3. The molecular weight excluding hydrogens is 234 g/mol. The van der Waals surface area contributed by atoms with Gasteiger partial charge >= 0.3 is 0 Å². The van der Waals surface area contributed by atoms with Gasteiger partial charge in [-0.2, -0.15) is 0 Å². The highest BCUT2D eigenvalue weighted by Gasteiger charge is 2.21. The van der Waals surface area contributed by atoms with Gasteiger partial charge in [0.2, 0.25) is 0 Å². The lowest BCUT2D eigenvalue weighted by Gasteiger charge is -2.20. The zero-order chi connectivity index (χ0) is 14.2. The summed E-state index contributed by atoms with van der Waals surface area (Å²) in [6.45, 7) is 14.0. The number of fused-ring (bicyclic) bond motifs is 1. The molecule has 1 heterocycles. The van der Waals surface area contributed by atoms with E-state index in [0.29, 0.717) is 6.04 Å². The molecule has 2 aromatic rings. The van der Waals surface area contributed by atoms with E-state index in [0.717, 1.165) is 12.1 Å². The lowest BCUT2D eigenvalue weighted by molar-refractivity contribution is 0.551. The smallest absolute Gasteiger partial charge is 0.137 e. The Hall–Kier alpha value is -1.28. The number of nitrogens with one attached hydrogen (secondary N) is 1. The zero-order valence-electron chi connectivity index (χ0n) is 12.9. The maximum Gasteiger partial charge on any atom is 0.137 e. The fraction of sp³-hybridized carbons (Fsp3) is 0.529. The van der Waals surface area contributed by atoms with Crippen LogP contribution in [0.1, 0.15) is 51.3 Å². The third-order valence-corrected chi connectivity index (χ3v) is 3.41.